The van der Waals surface area contributed by atoms with Crippen molar-refractivity contribution in [3.05, 3.63) is 83.9 Å². The molecule has 1 unspecified atom stereocenters. The number of benzene rings is 2. The number of imide groups is 1. The van der Waals surface area contributed by atoms with Crippen molar-refractivity contribution in [1.29, 1.82) is 0 Å². The van der Waals surface area contributed by atoms with Crippen LogP contribution in [-0.4, -0.2) is 75.3 Å². The second-order valence-corrected chi connectivity index (χ2v) is 16.6. The van der Waals surface area contributed by atoms with Crippen LogP contribution in [0.2, 0.25) is 25.7 Å². The topological polar surface area (TPSA) is 83.5 Å². The van der Waals surface area contributed by atoms with E-state index in [1.165, 1.54) is 4.90 Å². The lowest BCUT2D eigenvalue weighted by atomic mass is 9.94. The number of hydrogen-bond donors (Lipinski definition) is 0. The highest BCUT2D eigenvalue weighted by Gasteiger charge is 2.57. The van der Waals surface area contributed by atoms with Gasteiger partial charge in [-0.1, -0.05) is 68.2 Å². The highest BCUT2D eigenvalue weighted by atomic mass is 28.3. The Bertz CT molecular complexity index is 1130. The Morgan fingerprint density at radius 2 is 1.63 bits per heavy atom. The fourth-order valence-corrected chi connectivity index (χ4v) is 5.81. The average Bonchev–Trinajstić information content (AvgIpc) is 3.16. The molecule has 202 valence electrons. The van der Waals surface area contributed by atoms with Crippen molar-refractivity contribution in [2.75, 3.05) is 19.8 Å². The second kappa shape index (κ2) is 11.2. The predicted octanol–water partition coefficient (Wildman–Crippen LogP) is 4.42. The Labute approximate surface area is 224 Å². The monoisotopic (exact) mass is 537 g/mol. The van der Waals surface area contributed by atoms with Gasteiger partial charge in [-0.15, -0.1) is 6.58 Å². The van der Waals surface area contributed by atoms with Crippen molar-refractivity contribution in [2.45, 2.75) is 62.6 Å². The lowest BCUT2D eigenvalue weighted by molar-refractivity contribution is -0.352. The summed E-state index contributed by atoms with van der Waals surface area (Å²) in [6.07, 6.45) is -1.74. The molecule has 0 aromatic heterocycles. The Morgan fingerprint density at radius 1 is 0.974 bits per heavy atom. The molecule has 3 aliphatic rings. The maximum atomic E-state index is 13.6. The molecule has 6 atom stereocenters. The van der Waals surface area contributed by atoms with Crippen LogP contribution in [-0.2, 0) is 23.7 Å². The summed E-state index contributed by atoms with van der Waals surface area (Å²) in [5, 5.41) is 0. The molecule has 2 fully saturated rings. The molecule has 0 bridgehead atoms. The number of ether oxygens (including phenoxy) is 5. The van der Waals surface area contributed by atoms with Crippen LogP contribution in [0.25, 0.3) is 0 Å². The first-order valence-corrected chi connectivity index (χ1v) is 16.8. The third-order valence-electron chi connectivity index (χ3n) is 7.04. The fourth-order valence-electron chi connectivity index (χ4n) is 5.08. The van der Waals surface area contributed by atoms with Crippen molar-refractivity contribution in [3.63, 3.8) is 0 Å². The Hall–Kier alpha value is -2.66. The molecule has 0 N–H and O–H groups in total. The predicted molar refractivity (Wildman–Crippen MR) is 143 cm³/mol. The van der Waals surface area contributed by atoms with E-state index < -0.39 is 56.8 Å². The van der Waals surface area contributed by atoms with E-state index in [0.717, 1.165) is 11.6 Å². The molecule has 2 amide bonds. The number of hydrogen-bond acceptors (Lipinski definition) is 7. The van der Waals surface area contributed by atoms with Crippen molar-refractivity contribution in [1.82, 2.24) is 4.90 Å². The van der Waals surface area contributed by atoms with Gasteiger partial charge in [0.1, 0.15) is 24.4 Å². The van der Waals surface area contributed by atoms with Crippen LogP contribution in [0.5, 0.6) is 0 Å². The summed E-state index contributed by atoms with van der Waals surface area (Å²) >= 11 is 0. The van der Waals surface area contributed by atoms with Gasteiger partial charge in [-0.05, 0) is 18.2 Å². The molecule has 2 aromatic rings. The molecule has 5 rings (SSSR count). The Morgan fingerprint density at radius 3 is 2.26 bits per heavy atom. The number of carbonyl (C=O) groups excluding carboxylic acids is 2. The molecule has 2 saturated heterocycles. The van der Waals surface area contributed by atoms with Gasteiger partial charge in [0, 0.05) is 20.2 Å². The maximum Gasteiger partial charge on any atom is 0.262 e. The van der Waals surface area contributed by atoms with E-state index in [1.54, 1.807) is 30.3 Å². The lowest BCUT2D eigenvalue weighted by Gasteiger charge is -2.50. The van der Waals surface area contributed by atoms with Gasteiger partial charge in [0.2, 0.25) is 0 Å². The molecular formula is C29H35NO7Si. The summed E-state index contributed by atoms with van der Waals surface area (Å²) in [5.74, 6) is -0.786. The van der Waals surface area contributed by atoms with Crippen LogP contribution in [0.15, 0.2) is 67.3 Å². The van der Waals surface area contributed by atoms with Crippen LogP contribution in [0.1, 0.15) is 32.6 Å². The van der Waals surface area contributed by atoms with Crippen LogP contribution in [0.4, 0.5) is 0 Å². The highest BCUT2D eigenvalue weighted by Crippen LogP contribution is 2.39. The van der Waals surface area contributed by atoms with Crippen molar-refractivity contribution in [3.8, 4) is 0 Å². The third kappa shape index (κ3) is 5.40. The van der Waals surface area contributed by atoms with Gasteiger partial charge in [-0.3, -0.25) is 14.5 Å². The standard InChI is InChI=1S/C29H35NO7Si/c1-5-15-33-25-23(30-26(31)20-13-9-10-14-21(20)27(30)32)29(34-16-17-38(2,3)4)36-22-18-35-28(37-24(22)25)19-11-7-6-8-12-19/h5-14,22-25,28-29H,1,15-18H2,2-4H3/t22-,23-,24-,25-,28?,29-/m1/s1. The summed E-state index contributed by atoms with van der Waals surface area (Å²) in [4.78, 5) is 28.5. The van der Waals surface area contributed by atoms with Crippen LogP contribution in [0, 0.1) is 0 Å². The molecule has 38 heavy (non-hydrogen) atoms. The molecular weight excluding hydrogens is 502 g/mol. The largest absolute Gasteiger partial charge is 0.369 e. The van der Waals surface area contributed by atoms with Crippen LogP contribution < -0.4 is 0 Å². The minimum atomic E-state index is -1.42. The van der Waals surface area contributed by atoms with Gasteiger partial charge in [-0.2, -0.15) is 0 Å². The van der Waals surface area contributed by atoms with Gasteiger partial charge < -0.3 is 23.7 Å². The maximum absolute atomic E-state index is 13.6. The van der Waals surface area contributed by atoms with Crippen LogP contribution >= 0.6 is 0 Å². The molecule has 0 saturated carbocycles. The molecule has 8 nitrogen and oxygen atoms in total. The number of fused-ring (bicyclic) bond motifs is 2. The second-order valence-electron chi connectivity index (χ2n) is 11.0. The summed E-state index contributed by atoms with van der Waals surface area (Å²) in [7, 11) is -1.42. The number of carbonyl (C=O) groups is 2. The number of nitrogens with zero attached hydrogens (tertiary/aromatic N) is 1. The highest BCUT2D eigenvalue weighted by molar-refractivity contribution is 6.76. The zero-order valence-electron chi connectivity index (χ0n) is 22.1. The fraction of sp³-hybridized carbons (Fsp3) is 0.448. The summed E-state index contributed by atoms with van der Waals surface area (Å²) in [6, 6.07) is 16.5. The van der Waals surface area contributed by atoms with Gasteiger partial charge in [0.05, 0.1) is 24.3 Å². The molecule has 9 heteroatoms. The van der Waals surface area contributed by atoms with Gasteiger partial charge in [0.25, 0.3) is 11.8 Å². The van der Waals surface area contributed by atoms with Gasteiger partial charge >= 0.3 is 0 Å². The molecule has 2 aromatic carbocycles. The van der Waals surface area contributed by atoms with Crippen LogP contribution in [0.3, 0.4) is 0 Å². The third-order valence-corrected chi connectivity index (χ3v) is 8.75. The smallest absolute Gasteiger partial charge is 0.262 e. The lowest BCUT2D eigenvalue weighted by Crippen LogP contribution is -2.68. The van der Waals surface area contributed by atoms with E-state index in [0.29, 0.717) is 17.7 Å². The number of amides is 2. The minimum Gasteiger partial charge on any atom is -0.369 e. The minimum absolute atomic E-state index is 0.204. The van der Waals surface area contributed by atoms with Crippen molar-refractivity contribution >= 4 is 19.9 Å². The Balaban J connectivity index is 1.49. The van der Waals surface area contributed by atoms with Crippen molar-refractivity contribution in [2.24, 2.45) is 0 Å². The SMILES string of the molecule is C=CCO[C@H]1[C@@H]2OC(c3ccccc3)OC[C@H]2O[C@@H](OCC[Si](C)(C)C)[C@@H]1N1C(=O)c2ccccc2C1=O. The molecule has 0 radical (unpaired) electrons. The van der Waals surface area contributed by atoms with E-state index in [1.807, 2.05) is 30.3 Å². The summed E-state index contributed by atoms with van der Waals surface area (Å²) in [6.45, 7) is 11.5. The normalized spacial score (nSPS) is 29.2. The Kier molecular flexibility index (Phi) is 7.94. The molecule has 3 heterocycles. The van der Waals surface area contributed by atoms with E-state index in [2.05, 4.69) is 26.2 Å². The molecule has 0 spiro atoms. The van der Waals surface area contributed by atoms with E-state index >= 15 is 0 Å². The first kappa shape index (κ1) is 26.9. The van der Waals surface area contributed by atoms with Crippen molar-refractivity contribution < 1.29 is 33.3 Å². The molecule has 3 aliphatic heterocycles. The summed E-state index contributed by atoms with van der Waals surface area (Å²) in [5.41, 5.74) is 1.58. The van der Waals surface area contributed by atoms with Gasteiger partial charge in [-0.25, -0.2) is 0 Å². The van der Waals surface area contributed by atoms with Gasteiger partial charge in [0.15, 0.2) is 12.6 Å². The van der Waals surface area contributed by atoms with E-state index in [4.69, 9.17) is 23.7 Å². The zero-order chi connectivity index (χ0) is 26.9. The number of rotatable bonds is 9. The molecule has 0 aliphatic carbocycles. The quantitative estimate of drug-likeness (QED) is 0.266. The average molecular weight is 538 g/mol. The summed E-state index contributed by atoms with van der Waals surface area (Å²) < 4.78 is 31.5. The van der Waals surface area contributed by atoms with E-state index in [9.17, 15) is 9.59 Å². The zero-order valence-corrected chi connectivity index (χ0v) is 23.1. The first-order valence-electron chi connectivity index (χ1n) is 13.1. The van der Waals surface area contributed by atoms with E-state index in [-0.39, 0.29) is 13.2 Å². The first-order chi connectivity index (χ1) is 18.3.